The van der Waals surface area contributed by atoms with Crippen LogP contribution < -0.4 is 5.73 Å². The van der Waals surface area contributed by atoms with Gasteiger partial charge in [0, 0.05) is 38.4 Å². The highest BCUT2D eigenvalue weighted by molar-refractivity contribution is 4.99. The number of hydrogen-bond acceptors (Lipinski definition) is 3. The third-order valence-corrected chi connectivity index (χ3v) is 3.42. The molecule has 4 nitrogen and oxygen atoms in total. The molecule has 0 radical (unpaired) electrons. The molecule has 2 unspecified atom stereocenters. The van der Waals surface area contributed by atoms with E-state index in [9.17, 15) is 0 Å². The standard InChI is InChI=1S/C13H24N4/c1-3-4-17-10-15-6-13(17)9-16-7-11(2)5-12(14)8-16/h6,10-12H,3-5,7-9,14H2,1-2H3. The lowest BCUT2D eigenvalue weighted by Crippen LogP contribution is -2.46. The van der Waals surface area contributed by atoms with Crippen molar-refractivity contribution in [3.63, 3.8) is 0 Å². The van der Waals surface area contributed by atoms with Crippen molar-refractivity contribution in [1.29, 1.82) is 0 Å². The van der Waals surface area contributed by atoms with Crippen LogP contribution in [0.3, 0.4) is 0 Å². The normalized spacial score (nSPS) is 26.3. The smallest absolute Gasteiger partial charge is 0.0948 e. The minimum absolute atomic E-state index is 0.335. The van der Waals surface area contributed by atoms with E-state index in [1.165, 1.54) is 5.69 Å². The minimum atomic E-state index is 0.335. The van der Waals surface area contributed by atoms with Gasteiger partial charge in [-0.25, -0.2) is 4.98 Å². The van der Waals surface area contributed by atoms with Crippen molar-refractivity contribution in [2.45, 2.75) is 45.8 Å². The summed E-state index contributed by atoms with van der Waals surface area (Å²) < 4.78 is 2.25. The molecular formula is C13H24N4. The maximum Gasteiger partial charge on any atom is 0.0948 e. The lowest BCUT2D eigenvalue weighted by molar-refractivity contribution is 0.155. The zero-order valence-corrected chi connectivity index (χ0v) is 11.0. The largest absolute Gasteiger partial charge is 0.333 e. The zero-order valence-electron chi connectivity index (χ0n) is 11.0. The van der Waals surface area contributed by atoms with Crippen molar-refractivity contribution in [3.05, 3.63) is 18.2 Å². The molecule has 2 N–H and O–H groups in total. The molecule has 1 saturated heterocycles. The Morgan fingerprint density at radius 1 is 1.47 bits per heavy atom. The summed E-state index contributed by atoms with van der Waals surface area (Å²) >= 11 is 0. The van der Waals surface area contributed by atoms with Gasteiger partial charge in [0.2, 0.25) is 0 Å². The molecule has 2 rings (SSSR count). The number of nitrogens with zero attached hydrogens (tertiary/aromatic N) is 3. The molecule has 1 aliphatic heterocycles. The summed E-state index contributed by atoms with van der Waals surface area (Å²) in [7, 11) is 0. The van der Waals surface area contributed by atoms with E-state index < -0.39 is 0 Å². The van der Waals surface area contributed by atoms with Crippen LogP contribution in [0.15, 0.2) is 12.5 Å². The van der Waals surface area contributed by atoms with Gasteiger partial charge in [-0.15, -0.1) is 0 Å². The molecule has 0 saturated carbocycles. The minimum Gasteiger partial charge on any atom is -0.333 e. The molecule has 0 aromatic carbocycles. The lowest BCUT2D eigenvalue weighted by Gasteiger charge is -2.34. The van der Waals surface area contributed by atoms with Crippen molar-refractivity contribution in [1.82, 2.24) is 14.5 Å². The summed E-state index contributed by atoms with van der Waals surface area (Å²) in [5.74, 6) is 0.710. The highest BCUT2D eigenvalue weighted by atomic mass is 15.2. The van der Waals surface area contributed by atoms with Crippen LogP contribution in [0.5, 0.6) is 0 Å². The Morgan fingerprint density at radius 2 is 2.29 bits per heavy atom. The van der Waals surface area contributed by atoms with E-state index in [0.29, 0.717) is 12.0 Å². The maximum atomic E-state index is 6.08. The molecule has 4 heteroatoms. The maximum absolute atomic E-state index is 6.08. The molecule has 0 aliphatic carbocycles. The molecule has 0 spiro atoms. The van der Waals surface area contributed by atoms with Gasteiger partial charge in [0.25, 0.3) is 0 Å². The number of imidazole rings is 1. The van der Waals surface area contributed by atoms with Gasteiger partial charge in [-0.1, -0.05) is 13.8 Å². The molecule has 96 valence electrons. The first kappa shape index (κ1) is 12.6. The molecule has 0 bridgehead atoms. The summed E-state index contributed by atoms with van der Waals surface area (Å²) in [5, 5.41) is 0. The van der Waals surface area contributed by atoms with Crippen molar-refractivity contribution < 1.29 is 0 Å². The predicted molar refractivity (Wildman–Crippen MR) is 69.6 cm³/mol. The number of rotatable bonds is 4. The van der Waals surface area contributed by atoms with Gasteiger partial charge < -0.3 is 10.3 Å². The van der Waals surface area contributed by atoms with E-state index in [1.807, 2.05) is 12.5 Å². The highest BCUT2D eigenvalue weighted by Crippen LogP contribution is 2.17. The average molecular weight is 236 g/mol. The van der Waals surface area contributed by atoms with Crippen LogP contribution in [0.25, 0.3) is 0 Å². The van der Waals surface area contributed by atoms with E-state index in [0.717, 1.165) is 39.0 Å². The van der Waals surface area contributed by atoms with Crippen LogP contribution in [0.2, 0.25) is 0 Å². The molecule has 2 heterocycles. The summed E-state index contributed by atoms with van der Waals surface area (Å²) in [6.07, 6.45) is 6.23. The van der Waals surface area contributed by atoms with Crippen LogP contribution >= 0.6 is 0 Å². The van der Waals surface area contributed by atoms with Crippen LogP contribution in [0.1, 0.15) is 32.4 Å². The Kier molecular flexibility index (Phi) is 4.18. The Balaban J connectivity index is 1.97. The SMILES string of the molecule is CCCn1cncc1CN1CC(C)CC(N)C1. The van der Waals surface area contributed by atoms with E-state index in [1.54, 1.807) is 0 Å². The number of nitrogens with two attached hydrogens (primary N) is 1. The van der Waals surface area contributed by atoms with Crippen LogP contribution in [0, 0.1) is 5.92 Å². The number of hydrogen-bond donors (Lipinski definition) is 1. The second-order valence-electron chi connectivity index (χ2n) is 5.37. The first-order chi connectivity index (χ1) is 8.19. The van der Waals surface area contributed by atoms with E-state index >= 15 is 0 Å². The van der Waals surface area contributed by atoms with Crippen molar-refractivity contribution in [2.24, 2.45) is 11.7 Å². The van der Waals surface area contributed by atoms with E-state index in [-0.39, 0.29) is 0 Å². The molecule has 1 aliphatic rings. The predicted octanol–water partition coefficient (Wildman–Crippen LogP) is 1.46. The lowest BCUT2D eigenvalue weighted by atomic mass is 9.96. The fraction of sp³-hybridized carbons (Fsp3) is 0.769. The highest BCUT2D eigenvalue weighted by Gasteiger charge is 2.22. The Morgan fingerprint density at radius 3 is 3.00 bits per heavy atom. The third kappa shape index (κ3) is 3.30. The van der Waals surface area contributed by atoms with Gasteiger partial charge >= 0.3 is 0 Å². The van der Waals surface area contributed by atoms with Crippen molar-refractivity contribution in [3.8, 4) is 0 Å². The molecular weight excluding hydrogens is 212 g/mol. The summed E-state index contributed by atoms with van der Waals surface area (Å²) in [6.45, 7) is 8.70. The van der Waals surface area contributed by atoms with Crippen molar-refractivity contribution in [2.75, 3.05) is 13.1 Å². The third-order valence-electron chi connectivity index (χ3n) is 3.42. The molecule has 1 aromatic rings. The van der Waals surface area contributed by atoms with Crippen LogP contribution in [0.4, 0.5) is 0 Å². The summed E-state index contributed by atoms with van der Waals surface area (Å²) in [6, 6.07) is 0.335. The Labute approximate surface area is 104 Å². The van der Waals surface area contributed by atoms with Gasteiger partial charge in [-0.2, -0.15) is 0 Å². The Hall–Kier alpha value is -0.870. The van der Waals surface area contributed by atoms with Gasteiger partial charge in [-0.05, 0) is 18.8 Å². The number of piperidine rings is 1. The zero-order chi connectivity index (χ0) is 12.3. The monoisotopic (exact) mass is 236 g/mol. The molecule has 17 heavy (non-hydrogen) atoms. The number of aromatic nitrogens is 2. The molecule has 0 amide bonds. The first-order valence-corrected chi connectivity index (χ1v) is 6.66. The van der Waals surface area contributed by atoms with Crippen LogP contribution in [-0.2, 0) is 13.1 Å². The summed E-state index contributed by atoms with van der Waals surface area (Å²) in [4.78, 5) is 6.71. The Bertz CT molecular complexity index is 337. The van der Waals surface area contributed by atoms with Gasteiger partial charge in [0.1, 0.15) is 0 Å². The van der Waals surface area contributed by atoms with Crippen molar-refractivity contribution >= 4 is 0 Å². The van der Waals surface area contributed by atoms with E-state index in [4.69, 9.17) is 5.73 Å². The average Bonchev–Trinajstić information content (AvgIpc) is 2.65. The number of aryl methyl sites for hydroxylation is 1. The first-order valence-electron chi connectivity index (χ1n) is 6.66. The van der Waals surface area contributed by atoms with Gasteiger partial charge in [0.05, 0.1) is 12.0 Å². The fourth-order valence-electron chi connectivity index (χ4n) is 2.79. The second kappa shape index (κ2) is 5.65. The second-order valence-corrected chi connectivity index (χ2v) is 5.37. The molecule has 2 atom stereocenters. The van der Waals surface area contributed by atoms with Gasteiger partial charge in [-0.3, -0.25) is 4.90 Å². The van der Waals surface area contributed by atoms with Gasteiger partial charge in [0.15, 0.2) is 0 Å². The quantitative estimate of drug-likeness (QED) is 0.861. The fourth-order valence-corrected chi connectivity index (χ4v) is 2.79. The molecule has 1 aromatic heterocycles. The summed E-state index contributed by atoms with van der Waals surface area (Å²) in [5.41, 5.74) is 7.39. The molecule has 1 fully saturated rings. The topological polar surface area (TPSA) is 47.1 Å². The number of likely N-dealkylation sites (tertiary alicyclic amines) is 1. The van der Waals surface area contributed by atoms with Crippen LogP contribution in [-0.4, -0.2) is 33.6 Å². The van der Waals surface area contributed by atoms with E-state index in [2.05, 4.69) is 28.3 Å².